The van der Waals surface area contributed by atoms with Gasteiger partial charge >= 0.3 is 0 Å². The monoisotopic (exact) mass is 384 g/mol. The van der Waals surface area contributed by atoms with E-state index in [2.05, 4.69) is 28.2 Å². The Kier molecular flexibility index (Phi) is 7.16. The topological polar surface area (TPSA) is 101 Å². The number of aromatic amines is 2. The van der Waals surface area contributed by atoms with Gasteiger partial charge in [0.25, 0.3) is 0 Å². The first-order chi connectivity index (χ1) is 12.7. The van der Waals surface area contributed by atoms with Gasteiger partial charge in [-0.1, -0.05) is 36.4 Å². The lowest BCUT2D eigenvalue weighted by atomic mass is 10.1. The zero-order valence-electron chi connectivity index (χ0n) is 14.6. The molecule has 4 rings (SSSR count). The molecule has 0 bridgehead atoms. The van der Waals surface area contributed by atoms with Crippen LogP contribution in [0.1, 0.15) is 11.1 Å². The molecule has 6 nitrogen and oxygen atoms in total. The van der Waals surface area contributed by atoms with Gasteiger partial charge in [0.15, 0.2) is 0 Å². The van der Waals surface area contributed by atoms with E-state index in [1.54, 1.807) is 6.20 Å². The van der Waals surface area contributed by atoms with Gasteiger partial charge in [-0.3, -0.25) is 10.1 Å². The Bertz CT molecular complexity index is 1050. The smallest absolute Gasteiger partial charge is 0.235 e. The van der Waals surface area contributed by atoms with Crippen molar-refractivity contribution in [2.75, 3.05) is 6.54 Å². The second-order valence-electron chi connectivity index (χ2n) is 5.79. The summed E-state index contributed by atoms with van der Waals surface area (Å²) < 4.78 is 0. The maximum absolute atomic E-state index is 10.1. The normalized spacial score (nSPS) is 10.6. The number of para-hydroxylation sites is 2. The molecule has 0 radical (unpaired) electrons. The zero-order chi connectivity index (χ0) is 18.4. The van der Waals surface area contributed by atoms with E-state index in [4.69, 9.17) is 5.73 Å². The molecule has 2 aromatic heterocycles. The van der Waals surface area contributed by atoms with Crippen molar-refractivity contribution in [3.05, 3.63) is 88.4 Å². The Morgan fingerprint density at radius 3 is 2.22 bits per heavy atom. The van der Waals surface area contributed by atoms with Gasteiger partial charge in [-0.2, -0.15) is 0 Å². The first kappa shape index (κ1) is 20.2. The number of hydrogen-bond acceptors (Lipinski definition) is 3. The fourth-order valence-corrected chi connectivity index (χ4v) is 2.87. The fourth-order valence-electron chi connectivity index (χ4n) is 2.87. The summed E-state index contributed by atoms with van der Waals surface area (Å²) in [6.45, 7) is 0.710. The zero-order valence-corrected chi connectivity index (χ0v) is 15.4. The van der Waals surface area contributed by atoms with Crippen molar-refractivity contribution < 1.29 is 4.92 Å². The van der Waals surface area contributed by atoms with Crippen LogP contribution in [0.3, 0.4) is 0 Å². The van der Waals surface area contributed by atoms with Gasteiger partial charge in [0.2, 0.25) is 6.20 Å². The van der Waals surface area contributed by atoms with Gasteiger partial charge in [-0.05, 0) is 30.7 Å². The Hall–Kier alpha value is -3.09. The SMILES string of the molecule is Cl.NCCc1c[nH]c2ccccc12.O=[N+]([O-])C=Cc1c[nH]c2ccccc12. The molecule has 0 amide bonds. The first-order valence-electron chi connectivity index (χ1n) is 8.32. The Labute approximate surface area is 162 Å². The molecule has 0 fully saturated rings. The summed E-state index contributed by atoms with van der Waals surface area (Å²) in [5.41, 5.74) is 9.82. The maximum atomic E-state index is 10.1. The number of nitrogens with one attached hydrogen (secondary N) is 2. The van der Waals surface area contributed by atoms with Crippen LogP contribution in [-0.2, 0) is 6.42 Å². The van der Waals surface area contributed by atoms with Gasteiger partial charge < -0.3 is 15.7 Å². The minimum absolute atomic E-state index is 0. The highest BCUT2D eigenvalue weighted by Gasteiger charge is 2.00. The molecule has 0 unspecified atom stereocenters. The Morgan fingerprint density at radius 2 is 1.56 bits per heavy atom. The number of benzene rings is 2. The highest BCUT2D eigenvalue weighted by atomic mass is 35.5. The van der Waals surface area contributed by atoms with Crippen LogP contribution in [0.15, 0.2) is 67.1 Å². The maximum Gasteiger partial charge on any atom is 0.235 e. The molecule has 140 valence electrons. The van der Waals surface area contributed by atoms with Crippen molar-refractivity contribution in [3.8, 4) is 0 Å². The van der Waals surface area contributed by atoms with Crippen LogP contribution in [0.4, 0.5) is 0 Å². The fraction of sp³-hybridized carbons (Fsp3) is 0.100. The number of halogens is 1. The van der Waals surface area contributed by atoms with E-state index in [0.29, 0.717) is 6.54 Å². The molecule has 27 heavy (non-hydrogen) atoms. The highest BCUT2D eigenvalue weighted by Crippen LogP contribution is 2.19. The summed E-state index contributed by atoms with van der Waals surface area (Å²) in [4.78, 5) is 15.9. The molecular weight excluding hydrogens is 364 g/mol. The molecule has 0 aliphatic heterocycles. The molecule has 0 atom stereocenters. The van der Waals surface area contributed by atoms with Crippen LogP contribution in [0.5, 0.6) is 0 Å². The third-order valence-corrected chi connectivity index (χ3v) is 4.09. The lowest BCUT2D eigenvalue weighted by Gasteiger charge is -1.93. The summed E-state index contributed by atoms with van der Waals surface area (Å²) in [5, 5.41) is 12.4. The molecule has 2 aromatic carbocycles. The van der Waals surface area contributed by atoms with Crippen LogP contribution >= 0.6 is 12.4 Å². The largest absolute Gasteiger partial charge is 0.361 e. The lowest BCUT2D eigenvalue weighted by Crippen LogP contribution is -2.01. The van der Waals surface area contributed by atoms with E-state index < -0.39 is 4.92 Å². The number of rotatable bonds is 4. The van der Waals surface area contributed by atoms with Crippen LogP contribution in [0.25, 0.3) is 27.9 Å². The molecule has 7 heteroatoms. The number of H-pyrrole nitrogens is 2. The van der Waals surface area contributed by atoms with E-state index in [1.165, 1.54) is 22.5 Å². The molecule has 0 saturated carbocycles. The van der Waals surface area contributed by atoms with Gasteiger partial charge in [-0.25, -0.2) is 0 Å². The van der Waals surface area contributed by atoms with Crippen LogP contribution in [0.2, 0.25) is 0 Å². The van der Waals surface area contributed by atoms with Crippen LogP contribution in [0, 0.1) is 10.1 Å². The van der Waals surface area contributed by atoms with Gasteiger partial charge in [0.1, 0.15) is 0 Å². The molecule has 4 N–H and O–H groups in total. The van der Waals surface area contributed by atoms with Crippen molar-refractivity contribution in [3.63, 3.8) is 0 Å². The van der Waals surface area contributed by atoms with Gasteiger partial charge in [0.05, 0.1) is 4.92 Å². The van der Waals surface area contributed by atoms with E-state index in [9.17, 15) is 10.1 Å². The summed E-state index contributed by atoms with van der Waals surface area (Å²) in [7, 11) is 0. The second kappa shape index (κ2) is 9.56. The number of hydrogen-bond donors (Lipinski definition) is 3. The summed E-state index contributed by atoms with van der Waals surface area (Å²) in [6, 6.07) is 16.0. The minimum atomic E-state index is -0.470. The molecule has 0 aliphatic rings. The minimum Gasteiger partial charge on any atom is -0.361 e. The number of nitro groups is 1. The molecule has 0 saturated heterocycles. The van der Waals surface area contributed by atoms with Crippen LogP contribution < -0.4 is 5.73 Å². The number of fused-ring (bicyclic) bond motifs is 2. The molecule has 0 spiro atoms. The van der Waals surface area contributed by atoms with Crippen molar-refractivity contribution in [1.82, 2.24) is 9.97 Å². The van der Waals surface area contributed by atoms with E-state index >= 15 is 0 Å². The standard InChI is InChI=1S/C10H8N2O2.C10H12N2.ClH/c13-12(14)6-5-8-7-11-10-4-2-1-3-9(8)10;11-6-5-8-7-12-10-4-2-1-3-9(8)10;/h1-7,11H;1-4,7,12H,5-6,11H2;1H. The number of aromatic nitrogens is 2. The lowest BCUT2D eigenvalue weighted by molar-refractivity contribution is -0.400. The van der Waals surface area contributed by atoms with Crippen molar-refractivity contribution in [2.24, 2.45) is 5.73 Å². The second-order valence-corrected chi connectivity index (χ2v) is 5.79. The average molecular weight is 385 g/mol. The quantitative estimate of drug-likeness (QED) is 0.356. The number of nitrogens with two attached hydrogens (primary N) is 1. The van der Waals surface area contributed by atoms with E-state index in [1.807, 2.05) is 36.5 Å². The summed E-state index contributed by atoms with van der Waals surface area (Å²) >= 11 is 0. The van der Waals surface area contributed by atoms with Crippen LogP contribution in [-0.4, -0.2) is 21.4 Å². The van der Waals surface area contributed by atoms with Crippen molar-refractivity contribution in [2.45, 2.75) is 6.42 Å². The van der Waals surface area contributed by atoms with Crippen molar-refractivity contribution >= 4 is 40.3 Å². The summed E-state index contributed by atoms with van der Waals surface area (Å²) in [6.07, 6.45) is 7.17. The highest BCUT2D eigenvalue weighted by molar-refractivity contribution is 5.88. The van der Waals surface area contributed by atoms with Crippen molar-refractivity contribution in [1.29, 1.82) is 0 Å². The predicted molar refractivity (Wildman–Crippen MR) is 113 cm³/mol. The molecule has 0 aliphatic carbocycles. The Morgan fingerprint density at radius 1 is 0.963 bits per heavy atom. The third kappa shape index (κ3) is 4.97. The summed E-state index contributed by atoms with van der Waals surface area (Å²) in [5.74, 6) is 0. The average Bonchev–Trinajstić information content (AvgIpc) is 3.25. The predicted octanol–water partition coefficient (Wildman–Crippen LogP) is 4.51. The van der Waals surface area contributed by atoms with Gasteiger partial charge in [-0.15, -0.1) is 12.4 Å². The third-order valence-electron chi connectivity index (χ3n) is 4.09. The van der Waals surface area contributed by atoms with E-state index in [-0.39, 0.29) is 12.4 Å². The van der Waals surface area contributed by atoms with E-state index in [0.717, 1.165) is 29.1 Å². The number of nitrogens with zero attached hydrogens (tertiary/aromatic N) is 1. The molecular formula is C20H21ClN4O2. The molecule has 4 aromatic rings. The van der Waals surface area contributed by atoms with Gasteiger partial charge in [0, 0.05) is 45.8 Å². The first-order valence-corrected chi connectivity index (χ1v) is 8.32. The molecule has 2 heterocycles. The Balaban J connectivity index is 0.000000189.